The molecule has 0 aromatic carbocycles. The van der Waals surface area contributed by atoms with Crippen LogP contribution in [0.4, 0.5) is 0 Å². The maximum Gasteiger partial charge on any atom is 0.257 e. The van der Waals surface area contributed by atoms with E-state index in [1.54, 1.807) is 32.8 Å². The van der Waals surface area contributed by atoms with Crippen LogP contribution in [-0.4, -0.2) is 124 Å². The molecule has 0 radical (unpaired) electrons. The molecule has 0 aromatic rings. The fourth-order valence-electron chi connectivity index (χ4n) is 6.63. The molecule has 1 saturated heterocycles. The van der Waals surface area contributed by atoms with E-state index in [1.807, 2.05) is 55.4 Å². The van der Waals surface area contributed by atoms with E-state index in [9.17, 15) is 29.1 Å². The number of carbonyl (C=O) groups is 5. The molecule has 0 aliphatic carbocycles. The van der Waals surface area contributed by atoms with Gasteiger partial charge < -0.3 is 30.1 Å². The minimum atomic E-state index is -0.930. The number of likely N-dealkylation sites (N-methyl/N-ethyl adjacent to an activating group) is 2. The highest BCUT2D eigenvalue weighted by Crippen LogP contribution is 2.30. The van der Waals surface area contributed by atoms with Crippen LogP contribution in [0.1, 0.15) is 114 Å². The number of ether oxygens (including phenoxy) is 2. The van der Waals surface area contributed by atoms with Crippen LogP contribution < -0.4 is 10.6 Å². The van der Waals surface area contributed by atoms with E-state index >= 15 is 0 Å². The molecule has 14 heteroatoms. The Bertz CT molecular complexity index is 1160. The quantitative estimate of drug-likeness (QED) is 0.0795. The SMILES string of the molecule is CC[C@H](C)[C@@H]([C@@H](CC(=O)NC(C)(C)OC)OC)N(C)C(=O)[C@@H](NC(=O)[C@H](C(C)C)N(C)N1C(=O)CC(SCCCC(O)(CC)CC)C1=O)C(C)C. The third-order valence-electron chi connectivity index (χ3n) is 10.4. The van der Waals surface area contributed by atoms with Crippen LogP contribution in [0.25, 0.3) is 0 Å². The first-order valence-corrected chi connectivity index (χ1v) is 19.6. The van der Waals surface area contributed by atoms with Crippen LogP contribution in [0.3, 0.4) is 0 Å². The number of hydrogen-bond acceptors (Lipinski definition) is 10. The Balaban J connectivity index is 3.19. The second-order valence-corrected chi connectivity index (χ2v) is 16.5. The molecule has 296 valence electrons. The summed E-state index contributed by atoms with van der Waals surface area (Å²) >= 11 is 1.40. The fourth-order valence-corrected chi connectivity index (χ4v) is 7.73. The molecule has 0 spiro atoms. The maximum atomic E-state index is 14.2. The monoisotopic (exact) mass is 743 g/mol. The van der Waals surface area contributed by atoms with E-state index in [0.29, 0.717) is 31.4 Å². The maximum absolute atomic E-state index is 14.2. The standard InChI is InChI=1S/C37H69N5O8S/c1-15-25(8)32(26(49-13)21-28(43)39-36(9,10)50-14)40(11)35(47)30(23(4)5)38-33(45)31(24(6)7)41(12)42-29(44)22-27(34(42)46)51-20-18-19-37(48,16-2)17-3/h23-27,30-32,48H,15-22H2,1-14H3,(H,38,45)(H,39,43)/t25-,26+,27?,30-,31-,32-/m0/s1. The van der Waals surface area contributed by atoms with Gasteiger partial charge in [-0.2, -0.15) is 0 Å². The lowest BCUT2D eigenvalue weighted by molar-refractivity contribution is -0.163. The summed E-state index contributed by atoms with van der Waals surface area (Å²) in [4.78, 5) is 69.6. The Labute approximate surface area is 311 Å². The summed E-state index contributed by atoms with van der Waals surface area (Å²) in [6, 6.07) is -2.34. The molecule has 1 aliphatic rings. The van der Waals surface area contributed by atoms with Crippen LogP contribution in [0, 0.1) is 17.8 Å². The predicted molar refractivity (Wildman–Crippen MR) is 201 cm³/mol. The van der Waals surface area contributed by atoms with Crippen LogP contribution in [0.2, 0.25) is 0 Å². The van der Waals surface area contributed by atoms with Gasteiger partial charge in [0.05, 0.1) is 29.4 Å². The van der Waals surface area contributed by atoms with Crippen molar-refractivity contribution in [1.29, 1.82) is 0 Å². The van der Waals surface area contributed by atoms with Crippen LogP contribution in [0.15, 0.2) is 0 Å². The number of rotatable bonds is 23. The van der Waals surface area contributed by atoms with Gasteiger partial charge in [0, 0.05) is 34.7 Å². The summed E-state index contributed by atoms with van der Waals surface area (Å²) in [5.74, 6) is -1.90. The van der Waals surface area contributed by atoms with Crippen molar-refractivity contribution < 1.29 is 38.6 Å². The zero-order chi connectivity index (χ0) is 39.4. The summed E-state index contributed by atoms with van der Waals surface area (Å²) in [5.41, 5.74) is -1.60. The van der Waals surface area contributed by atoms with Gasteiger partial charge in [-0.05, 0) is 63.0 Å². The van der Waals surface area contributed by atoms with Gasteiger partial charge in [-0.3, -0.25) is 24.0 Å². The minimum Gasteiger partial charge on any atom is -0.390 e. The van der Waals surface area contributed by atoms with E-state index in [4.69, 9.17) is 9.47 Å². The minimum absolute atomic E-state index is 0.00823. The third-order valence-corrected chi connectivity index (χ3v) is 11.7. The molecule has 0 saturated carbocycles. The normalized spacial score (nSPS) is 18.6. The average molecular weight is 744 g/mol. The van der Waals surface area contributed by atoms with Crippen LogP contribution in [0.5, 0.6) is 0 Å². The highest BCUT2D eigenvalue weighted by molar-refractivity contribution is 8.00. The number of hydrazine groups is 1. The van der Waals surface area contributed by atoms with Crippen molar-refractivity contribution in [2.75, 3.05) is 34.1 Å². The second-order valence-electron chi connectivity index (χ2n) is 15.2. The number of amides is 5. The van der Waals surface area contributed by atoms with Crippen molar-refractivity contribution in [2.45, 2.75) is 155 Å². The summed E-state index contributed by atoms with van der Waals surface area (Å²) < 4.78 is 11.2. The molecular formula is C37H69N5O8S. The number of thioether (sulfide) groups is 1. The summed E-state index contributed by atoms with van der Waals surface area (Å²) in [5, 5.41) is 18.3. The van der Waals surface area contributed by atoms with Gasteiger partial charge in [0.15, 0.2) is 0 Å². The van der Waals surface area contributed by atoms with Crippen molar-refractivity contribution >= 4 is 41.3 Å². The highest BCUT2D eigenvalue weighted by atomic mass is 32.2. The number of methoxy groups -OCH3 is 2. The Morgan fingerprint density at radius 2 is 1.61 bits per heavy atom. The fraction of sp³-hybridized carbons (Fsp3) is 0.865. The lowest BCUT2D eigenvalue weighted by Gasteiger charge is -2.41. The topological polar surface area (TPSA) is 158 Å². The molecule has 51 heavy (non-hydrogen) atoms. The van der Waals surface area contributed by atoms with Crippen LogP contribution >= 0.6 is 11.8 Å². The Morgan fingerprint density at radius 3 is 2.08 bits per heavy atom. The van der Waals surface area contributed by atoms with Crippen molar-refractivity contribution in [3.8, 4) is 0 Å². The Morgan fingerprint density at radius 1 is 1.02 bits per heavy atom. The zero-order valence-corrected chi connectivity index (χ0v) is 34.6. The first-order chi connectivity index (χ1) is 23.6. The van der Waals surface area contributed by atoms with E-state index in [0.717, 1.165) is 11.4 Å². The van der Waals surface area contributed by atoms with Gasteiger partial charge in [-0.15, -0.1) is 11.8 Å². The van der Waals surface area contributed by atoms with E-state index in [1.165, 1.54) is 31.0 Å². The highest BCUT2D eigenvalue weighted by Gasteiger charge is 2.46. The average Bonchev–Trinajstić information content (AvgIpc) is 3.35. The molecule has 5 amide bonds. The Hall–Kier alpha value is -2.26. The first kappa shape index (κ1) is 46.8. The third kappa shape index (κ3) is 13.0. The van der Waals surface area contributed by atoms with Crippen molar-refractivity contribution in [1.82, 2.24) is 25.6 Å². The molecule has 6 atom stereocenters. The van der Waals surface area contributed by atoms with E-state index in [-0.39, 0.29) is 54.2 Å². The first-order valence-electron chi connectivity index (χ1n) is 18.5. The van der Waals surface area contributed by atoms with Gasteiger partial charge in [0.25, 0.3) is 5.91 Å². The molecule has 1 rings (SSSR count). The summed E-state index contributed by atoms with van der Waals surface area (Å²) in [6.45, 7) is 18.7. The van der Waals surface area contributed by atoms with Gasteiger partial charge in [0.2, 0.25) is 23.6 Å². The molecule has 13 nitrogen and oxygen atoms in total. The molecule has 1 fully saturated rings. The summed E-state index contributed by atoms with van der Waals surface area (Å²) in [7, 11) is 6.25. The molecule has 3 N–H and O–H groups in total. The van der Waals surface area contributed by atoms with Gasteiger partial charge in [-0.1, -0.05) is 61.8 Å². The molecule has 1 unspecified atom stereocenters. The summed E-state index contributed by atoms with van der Waals surface area (Å²) in [6.07, 6.45) is 2.75. The van der Waals surface area contributed by atoms with Crippen molar-refractivity contribution in [2.24, 2.45) is 17.8 Å². The smallest absolute Gasteiger partial charge is 0.257 e. The zero-order valence-electron chi connectivity index (χ0n) is 33.8. The molecule has 0 bridgehead atoms. The lowest BCUT2D eigenvalue weighted by atomic mass is 9.89. The largest absolute Gasteiger partial charge is 0.390 e. The number of nitrogens with one attached hydrogen (secondary N) is 2. The molecule has 1 heterocycles. The van der Waals surface area contributed by atoms with E-state index in [2.05, 4.69) is 10.6 Å². The number of aliphatic hydroxyl groups is 1. The van der Waals surface area contributed by atoms with Crippen LogP contribution in [-0.2, 0) is 33.4 Å². The number of imide groups is 1. The molecule has 1 aliphatic heterocycles. The van der Waals surface area contributed by atoms with Gasteiger partial charge >= 0.3 is 0 Å². The van der Waals surface area contributed by atoms with Gasteiger partial charge in [-0.25, -0.2) is 10.0 Å². The van der Waals surface area contributed by atoms with Crippen molar-refractivity contribution in [3.05, 3.63) is 0 Å². The number of nitrogens with zero attached hydrogens (tertiary/aromatic N) is 3. The predicted octanol–water partition coefficient (Wildman–Crippen LogP) is 3.97. The van der Waals surface area contributed by atoms with Crippen molar-refractivity contribution in [3.63, 3.8) is 0 Å². The molecule has 0 aromatic heterocycles. The Kier molecular flexibility index (Phi) is 19.1. The number of hydrogen-bond donors (Lipinski definition) is 3. The lowest BCUT2D eigenvalue weighted by Crippen LogP contribution is -2.62. The second kappa shape index (κ2) is 20.8. The number of carbonyl (C=O) groups excluding carboxylic acids is 5. The van der Waals surface area contributed by atoms with E-state index < -0.39 is 46.7 Å². The van der Waals surface area contributed by atoms with Gasteiger partial charge in [0.1, 0.15) is 17.8 Å². The molecular weight excluding hydrogens is 675 g/mol.